The number of carbonyl (C=O) groups is 2. The van der Waals surface area contributed by atoms with Crippen LogP contribution in [0.25, 0.3) is 0 Å². The number of ketones is 1. The molecule has 1 aliphatic rings. The molecule has 6 nitrogen and oxygen atoms in total. The maximum Gasteiger partial charge on any atom is 0.303 e. The number of fused-ring (bicyclic) bond motifs is 1. The smallest absolute Gasteiger partial charge is 0.303 e. The zero-order valence-electron chi connectivity index (χ0n) is 14.1. The first-order chi connectivity index (χ1) is 12.0. The van der Waals surface area contributed by atoms with Gasteiger partial charge in [-0.1, -0.05) is 30.3 Å². The third-order valence-electron chi connectivity index (χ3n) is 4.06. The van der Waals surface area contributed by atoms with E-state index in [1.54, 1.807) is 42.5 Å². The molecule has 3 rings (SSSR count). The molecule has 0 amide bonds. The Morgan fingerprint density at radius 3 is 2.44 bits per heavy atom. The summed E-state index contributed by atoms with van der Waals surface area (Å²) in [4.78, 5) is 24.7. The highest BCUT2D eigenvalue weighted by Crippen LogP contribution is 2.42. The predicted molar refractivity (Wildman–Crippen MR) is 88.6 cm³/mol. The molecule has 0 aliphatic carbocycles. The Kier molecular flexibility index (Phi) is 4.46. The SMILES string of the molecule is COc1ccc2c(c1)C(=O)[C@H](OC(C)=O)[C@@](OC)(c1ccccc1)O2. The summed E-state index contributed by atoms with van der Waals surface area (Å²) in [5.74, 6) is -1.75. The fourth-order valence-electron chi connectivity index (χ4n) is 2.89. The third-order valence-corrected chi connectivity index (χ3v) is 4.06. The van der Waals surface area contributed by atoms with E-state index in [-0.39, 0.29) is 5.56 Å². The highest BCUT2D eigenvalue weighted by Gasteiger charge is 2.54. The zero-order chi connectivity index (χ0) is 18.0. The molecule has 0 N–H and O–H groups in total. The molecule has 0 spiro atoms. The highest BCUT2D eigenvalue weighted by molar-refractivity contribution is 6.04. The van der Waals surface area contributed by atoms with Crippen LogP contribution in [-0.2, 0) is 20.1 Å². The van der Waals surface area contributed by atoms with Gasteiger partial charge in [0.05, 0.1) is 12.7 Å². The normalized spacial score (nSPS) is 21.9. The Hall–Kier alpha value is -2.86. The monoisotopic (exact) mass is 342 g/mol. The molecule has 1 aliphatic heterocycles. The van der Waals surface area contributed by atoms with E-state index in [2.05, 4.69) is 0 Å². The number of esters is 1. The summed E-state index contributed by atoms with van der Waals surface area (Å²) in [6, 6.07) is 13.8. The van der Waals surface area contributed by atoms with E-state index in [9.17, 15) is 9.59 Å². The molecule has 0 saturated heterocycles. The summed E-state index contributed by atoms with van der Waals surface area (Å²) in [6.07, 6.45) is -1.28. The lowest BCUT2D eigenvalue weighted by atomic mass is 9.90. The van der Waals surface area contributed by atoms with Gasteiger partial charge in [-0.15, -0.1) is 0 Å². The number of benzene rings is 2. The molecule has 0 saturated carbocycles. The second-order valence-electron chi connectivity index (χ2n) is 5.56. The van der Waals surface area contributed by atoms with Crippen LogP contribution >= 0.6 is 0 Å². The van der Waals surface area contributed by atoms with Crippen molar-refractivity contribution in [1.29, 1.82) is 0 Å². The van der Waals surface area contributed by atoms with Crippen LogP contribution in [0.2, 0.25) is 0 Å². The molecule has 25 heavy (non-hydrogen) atoms. The van der Waals surface area contributed by atoms with Gasteiger partial charge >= 0.3 is 5.97 Å². The number of ether oxygens (including phenoxy) is 4. The number of hydrogen-bond donors (Lipinski definition) is 0. The average molecular weight is 342 g/mol. The van der Waals surface area contributed by atoms with Crippen LogP contribution in [0.1, 0.15) is 22.8 Å². The molecule has 2 aromatic carbocycles. The Balaban J connectivity index is 2.19. The van der Waals surface area contributed by atoms with Crippen molar-refractivity contribution < 1.29 is 28.5 Å². The van der Waals surface area contributed by atoms with Gasteiger partial charge < -0.3 is 18.9 Å². The standard InChI is InChI=1S/C19H18O6/c1-12(20)24-18-17(21)15-11-14(22-2)9-10-16(15)25-19(18,23-3)13-7-5-4-6-8-13/h4-11,18H,1-3H3/t18-,19+/m0/s1. The Morgan fingerprint density at radius 1 is 1.12 bits per heavy atom. The van der Waals surface area contributed by atoms with Gasteiger partial charge in [0.25, 0.3) is 5.79 Å². The van der Waals surface area contributed by atoms with Crippen LogP contribution in [0.4, 0.5) is 0 Å². The average Bonchev–Trinajstić information content (AvgIpc) is 2.64. The maximum absolute atomic E-state index is 13.1. The first kappa shape index (κ1) is 17.0. The quantitative estimate of drug-likeness (QED) is 0.796. The van der Waals surface area contributed by atoms with E-state index < -0.39 is 23.6 Å². The molecule has 6 heteroatoms. The number of methoxy groups -OCH3 is 2. The van der Waals surface area contributed by atoms with Crippen LogP contribution in [-0.4, -0.2) is 32.1 Å². The van der Waals surface area contributed by atoms with Crippen molar-refractivity contribution in [3.8, 4) is 11.5 Å². The summed E-state index contributed by atoms with van der Waals surface area (Å²) >= 11 is 0. The van der Waals surface area contributed by atoms with Crippen molar-refractivity contribution in [2.45, 2.75) is 18.8 Å². The van der Waals surface area contributed by atoms with Gasteiger partial charge in [0.15, 0.2) is 0 Å². The van der Waals surface area contributed by atoms with Crippen molar-refractivity contribution >= 4 is 11.8 Å². The summed E-state index contributed by atoms with van der Waals surface area (Å²) in [5, 5.41) is 0. The molecule has 1 heterocycles. The van der Waals surface area contributed by atoms with E-state index in [1.807, 2.05) is 6.07 Å². The first-order valence-corrected chi connectivity index (χ1v) is 7.71. The topological polar surface area (TPSA) is 71.1 Å². The maximum atomic E-state index is 13.1. The van der Waals surface area contributed by atoms with Gasteiger partial charge in [-0.05, 0) is 18.2 Å². The lowest BCUT2D eigenvalue weighted by Gasteiger charge is -2.41. The highest BCUT2D eigenvalue weighted by atomic mass is 16.7. The minimum Gasteiger partial charge on any atom is -0.497 e. The summed E-state index contributed by atoms with van der Waals surface area (Å²) in [5.41, 5.74) is 0.841. The predicted octanol–water partition coefficient (Wildman–Crippen LogP) is 2.70. The molecule has 0 radical (unpaired) electrons. The molecule has 2 atom stereocenters. The fourth-order valence-corrected chi connectivity index (χ4v) is 2.89. The van der Waals surface area contributed by atoms with Gasteiger partial charge in [-0.25, -0.2) is 0 Å². The molecule has 0 fully saturated rings. The van der Waals surface area contributed by atoms with Crippen molar-refractivity contribution in [3.63, 3.8) is 0 Å². The van der Waals surface area contributed by atoms with Crippen molar-refractivity contribution in [1.82, 2.24) is 0 Å². The zero-order valence-corrected chi connectivity index (χ0v) is 14.1. The van der Waals surface area contributed by atoms with Crippen LogP contribution < -0.4 is 9.47 Å². The first-order valence-electron chi connectivity index (χ1n) is 7.71. The number of hydrogen-bond acceptors (Lipinski definition) is 6. The second kappa shape index (κ2) is 6.57. The van der Waals surface area contributed by atoms with Gasteiger partial charge in [-0.2, -0.15) is 0 Å². The Bertz CT molecular complexity index is 801. The van der Waals surface area contributed by atoms with E-state index >= 15 is 0 Å². The fraction of sp³-hybridized carbons (Fsp3) is 0.263. The van der Waals surface area contributed by atoms with E-state index in [1.165, 1.54) is 21.1 Å². The Morgan fingerprint density at radius 2 is 1.84 bits per heavy atom. The van der Waals surface area contributed by atoms with E-state index in [0.717, 1.165) is 0 Å². The molecule has 130 valence electrons. The lowest BCUT2D eigenvalue weighted by molar-refractivity contribution is -0.233. The second-order valence-corrected chi connectivity index (χ2v) is 5.56. The molecule has 2 aromatic rings. The van der Waals surface area contributed by atoms with Crippen molar-refractivity contribution in [2.24, 2.45) is 0 Å². The molecule has 0 bridgehead atoms. The van der Waals surface area contributed by atoms with E-state index in [4.69, 9.17) is 18.9 Å². The third kappa shape index (κ3) is 2.85. The Labute approximate surface area is 145 Å². The van der Waals surface area contributed by atoms with Crippen molar-refractivity contribution in [3.05, 3.63) is 59.7 Å². The minimum absolute atomic E-state index is 0.272. The van der Waals surface area contributed by atoms with Gasteiger partial charge in [0, 0.05) is 19.6 Å². The van der Waals surface area contributed by atoms with Gasteiger partial charge in [0.2, 0.25) is 11.9 Å². The summed E-state index contributed by atoms with van der Waals surface area (Å²) < 4.78 is 22.1. The largest absolute Gasteiger partial charge is 0.497 e. The molecule has 0 aromatic heterocycles. The van der Waals surface area contributed by atoms with Gasteiger partial charge in [0.1, 0.15) is 11.5 Å². The van der Waals surface area contributed by atoms with Crippen LogP contribution in [0, 0.1) is 0 Å². The number of rotatable bonds is 4. The molecule has 0 unspecified atom stereocenters. The lowest BCUT2D eigenvalue weighted by Crippen LogP contribution is -2.55. The van der Waals surface area contributed by atoms with Crippen LogP contribution in [0.5, 0.6) is 11.5 Å². The molecular weight excluding hydrogens is 324 g/mol. The van der Waals surface area contributed by atoms with Crippen LogP contribution in [0.3, 0.4) is 0 Å². The minimum atomic E-state index is -1.56. The van der Waals surface area contributed by atoms with Crippen LogP contribution in [0.15, 0.2) is 48.5 Å². The van der Waals surface area contributed by atoms with E-state index in [0.29, 0.717) is 17.1 Å². The molecular formula is C19H18O6. The summed E-state index contributed by atoms with van der Waals surface area (Å²) in [6.45, 7) is 1.24. The number of carbonyl (C=O) groups excluding carboxylic acids is 2. The summed E-state index contributed by atoms with van der Waals surface area (Å²) in [7, 11) is 2.91. The van der Waals surface area contributed by atoms with Gasteiger partial charge in [-0.3, -0.25) is 9.59 Å². The number of Topliss-reactive ketones (excluding diaryl/α,β-unsaturated/α-hetero) is 1. The van der Waals surface area contributed by atoms with Crippen molar-refractivity contribution in [2.75, 3.05) is 14.2 Å².